The van der Waals surface area contributed by atoms with Gasteiger partial charge in [0.05, 0.1) is 19.4 Å². The van der Waals surface area contributed by atoms with Crippen LogP contribution in [0.3, 0.4) is 0 Å². The normalized spacial score (nSPS) is 10.8. The molecular weight excluding hydrogens is 424 g/mol. The summed E-state index contributed by atoms with van der Waals surface area (Å²) in [6.45, 7) is 2.86. The first-order valence-corrected chi connectivity index (χ1v) is 13.0. The average Bonchev–Trinajstić information content (AvgIpc) is 2.79. The summed E-state index contributed by atoms with van der Waals surface area (Å²) in [6, 6.07) is 7.16. The standard InChI is InChI=1S/C27H43ClO4/c1-2-3-4-5-6-7-8-9-10-11-12-13-14-15-21-31-26(29)19-20-27(30)32-23-24-17-16-18-25(28)22-24/h16-18,22H,2-15,19-21,23H2,1H3. The molecule has 0 spiro atoms. The Bertz CT molecular complexity index is 617. The first kappa shape index (κ1) is 28.5. The summed E-state index contributed by atoms with van der Waals surface area (Å²) < 4.78 is 10.4. The molecule has 0 saturated heterocycles. The van der Waals surface area contributed by atoms with Gasteiger partial charge in [-0.15, -0.1) is 0 Å². The van der Waals surface area contributed by atoms with Crippen molar-refractivity contribution in [3.8, 4) is 0 Å². The zero-order chi connectivity index (χ0) is 23.3. The summed E-state index contributed by atoms with van der Waals surface area (Å²) >= 11 is 5.90. The predicted octanol–water partition coefficient (Wildman–Crippen LogP) is 8.19. The van der Waals surface area contributed by atoms with E-state index in [9.17, 15) is 9.59 Å². The molecule has 0 aliphatic carbocycles. The van der Waals surface area contributed by atoms with Gasteiger partial charge in [0.2, 0.25) is 0 Å². The van der Waals surface area contributed by atoms with Gasteiger partial charge < -0.3 is 9.47 Å². The largest absolute Gasteiger partial charge is 0.466 e. The number of benzene rings is 1. The van der Waals surface area contributed by atoms with Crippen molar-refractivity contribution in [2.75, 3.05) is 6.61 Å². The lowest BCUT2D eigenvalue weighted by Crippen LogP contribution is -2.11. The number of hydrogen-bond acceptors (Lipinski definition) is 4. The van der Waals surface area contributed by atoms with Crippen molar-refractivity contribution < 1.29 is 19.1 Å². The average molecular weight is 467 g/mol. The first-order valence-electron chi connectivity index (χ1n) is 12.7. The van der Waals surface area contributed by atoms with Crippen molar-refractivity contribution in [1.82, 2.24) is 0 Å². The molecule has 0 atom stereocenters. The first-order chi connectivity index (χ1) is 15.6. The Kier molecular flexibility index (Phi) is 17.9. The van der Waals surface area contributed by atoms with Gasteiger partial charge in [0.25, 0.3) is 0 Å². The Hall–Kier alpha value is -1.55. The highest BCUT2D eigenvalue weighted by Crippen LogP contribution is 2.14. The molecule has 1 aromatic rings. The molecule has 4 nitrogen and oxygen atoms in total. The molecule has 0 N–H and O–H groups in total. The van der Waals surface area contributed by atoms with E-state index >= 15 is 0 Å². The monoisotopic (exact) mass is 466 g/mol. The molecule has 1 rings (SSSR count). The van der Waals surface area contributed by atoms with Crippen molar-refractivity contribution in [2.45, 2.75) is 116 Å². The third kappa shape index (κ3) is 17.1. The van der Waals surface area contributed by atoms with E-state index < -0.39 is 5.97 Å². The van der Waals surface area contributed by atoms with Crippen molar-refractivity contribution in [1.29, 1.82) is 0 Å². The molecule has 0 saturated carbocycles. The lowest BCUT2D eigenvalue weighted by molar-refractivity contribution is -0.151. The maximum absolute atomic E-state index is 11.8. The highest BCUT2D eigenvalue weighted by molar-refractivity contribution is 6.30. The van der Waals surface area contributed by atoms with Crippen LogP contribution in [0.4, 0.5) is 0 Å². The van der Waals surface area contributed by atoms with Crippen molar-refractivity contribution in [3.63, 3.8) is 0 Å². The molecule has 0 heterocycles. The van der Waals surface area contributed by atoms with E-state index in [1.165, 1.54) is 77.0 Å². The number of unbranched alkanes of at least 4 members (excludes halogenated alkanes) is 13. The van der Waals surface area contributed by atoms with E-state index in [0.29, 0.717) is 11.6 Å². The summed E-state index contributed by atoms with van der Waals surface area (Å²) in [5.41, 5.74) is 0.825. The minimum atomic E-state index is -0.404. The number of rotatable bonds is 20. The lowest BCUT2D eigenvalue weighted by Gasteiger charge is -2.06. The quantitative estimate of drug-likeness (QED) is 0.143. The van der Waals surface area contributed by atoms with E-state index in [2.05, 4.69) is 6.92 Å². The van der Waals surface area contributed by atoms with Crippen LogP contribution in [-0.4, -0.2) is 18.5 Å². The molecule has 32 heavy (non-hydrogen) atoms. The molecule has 0 radical (unpaired) electrons. The Morgan fingerprint density at radius 2 is 1.22 bits per heavy atom. The fourth-order valence-electron chi connectivity index (χ4n) is 3.62. The molecule has 1 aromatic carbocycles. The minimum Gasteiger partial charge on any atom is -0.466 e. The van der Waals surface area contributed by atoms with Gasteiger partial charge in [-0.25, -0.2) is 0 Å². The van der Waals surface area contributed by atoms with Gasteiger partial charge in [0.1, 0.15) is 6.61 Å². The Morgan fingerprint density at radius 1 is 0.719 bits per heavy atom. The van der Waals surface area contributed by atoms with Gasteiger partial charge in [0.15, 0.2) is 0 Å². The number of halogens is 1. The van der Waals surface area contributed by atoms with Crippen LogP contribution in [0.5, 0.6) is 0 Å². The molecule has 0 aromatic heterocycles. The van der Waals surface area contributed by atoms with Gasteiger partial charge in [-0.05, 0) is 24.1 Å². The SMILES string of the molecule is CCCCCCCCCCCCCCCCOC(=O)CCC(=O)OCc1cccc(Cl)c1. The fourth-order valence-corrected chi connectivity index (χ4v) is 3.83. The second-order valence-corrected chi connectivity index (χ2v) is 9.04. The maximum atomic E-state index is 11.8. The number of ether oxygens (including phenoxy) is 2. The van der Waals surface area contributed by atoms with Crippen LogP contribution < -0.4 is 0 Å². The molecule has 0 bridgehead atoms. The Balaban J connectivity index is 1.85. The van der Waals surface area contributed by atoms with Crippen molar-refractivity contribution in [2.24, 2.45) is 0 Å². The summed E-state index contributed by atoms with van der Waals surface area (Å²) in [6.07, 6.45) is 18.3. The zero-order valence-corrected chi connectivity index (χ0v) is 20.8. The topological polar surface area (TPSA) is 52.6 Å². The lowest BCUT2D eigenvalue weighted by atomic mass is 10.0. The number of carbonyl (C=O) groups excluding carboxylic acids is 2. The summed E-state index contributed by atoms with van der Waals surface area (Å²) in [4.78, 5) is 23.5. The molecule has 0 amide bonds. The summed E-state index contributed by atoms with van der Waals surface area (Å²) in [5.74, 6) is -0.738. The van der Waals surface area contributed by atoms with Gasteiger partial charge in [-0.2, -0.15) is 0 Å². The van der Waals surface area contributed by atoms with Crippen molar-refractivity contribution in [3.05, 3.63) is 34.9 Å². The van der Waals surface area contributed by atoms with Crippen LogP contribution in [0.1, 0.15) is 115 Å². The van der Waals surface area contributed by atoms with E-state index in [-0.39, 0.29) is 25.4 Å². The number of esters is 2. The second-order valence-electron chi connectivity index (χ2n) is 8.61. The van der Waals surface area contributed by atoms with Crippen LogP contribution in [0.2, 0.25) is 5.02 Å². The van der Waals surface area contributed by atoms with Crippen LogP contribution in [-0.2, 0) is 25.7 Å². The molecule has 0 aliphatic heterocycles. The van der Waals surface area contributed by atoms with Gasteiger partial charge >= 0.3 is 11.9 Å². The van der Waals surface area contributed by atoms with Crippen LogP contribution >= 0.6 is 11.6 Å². The highest BCUT2D eigenvalue weighted by atomic mass is 35.5. The molecule has 0 aliphatic rings. The van der Waals surface area contributed by atoms with E-state index in [0.717, 1.165) is 18.4 Å². The van der Waals surface area contributed by atoms with Crippen molar-refractivity contribution >= 4 is 23.5 Å². The second kappa shape index (κ2) is 20.1. The minimum absolute atomic E-state index is 0.0398. The fraction of sp³-hybridized carbons (Fsp3) is 0.704. The summed E-state index contributed by atoms with van der Waals surface area (Å²) in [7, 11) is 0. The van der Waals surface area contributed by atoms with Gasteiger partial charge in [-0.1, -0.05) is 114 Å². The number of carbonyl (C=O) groups is 2. The summed E-state index contributed by atoms with van der Waals surface area (Å²) in [5, 5.41) is 0.602. The van der Waals surface area contributed by atoms with Crippen LogP contribution in [0.25, 0.3) is 0 Å². The number of hydrogen-bond donors (Lipinski definition) is 0. The van der Waals surface area contributed by atoms with Crippen LogP contribution in [0, 0.1) is 0 Å². The van der Waals surface area contributed by atoms with Gasteiger partial charge in [-0.3, -0.25) is 9.59 Å². The van der Waals surface area contributed by atoms with E-state index in [4.69, 9.17) is 21.1 Å². The molecule has 0 fully saturated rings. The Labute approximate surface area is 200 Å². The molecular formula is C27H43ClO4. The predicted molar refractivity (Wildman–Crippen MR) is 132 cm³/mol. The van der Waals surface area contributed by atoms with Crippen LogP contribution in [0.15, 0.2) is 24.3 Å². The molecule has 182 valence electrons. The van der Waals surface area contributed by atoms with E-state index in [1.807, 2.05) is 6.07 Å². The molecule has 0 unspecified atom stereocenters. The highest BCUT2D eigenvalue weighted by Gasteiger charge is 2.09. The Morgan fingerprint density at radius 3 is 1.75 bits per heavy atom. The molecule has 5 heteroatoms. The van der Waals surface area contributed by atoms with E-state index in [1.54, 1.807) is 18.2 Å². The third-order valence-electron chi connectivity index (χ3n) is 5.58. The van der Waals surface area contributed by atoms with Gasteiger partial charge in [0, 0.05) is 5.02 Å². The third-order valence-corrected chi connectivity index (χ3v) is 5.82. The maximum Gasteiger partial charge on any atom is 0.306 e. The smallest absolute Gasteiger partial charge is 0.306 e. The zero-order valence-electron chi connectivity index (χ0n) is 20.0.